The molecule has 0 aliphatic rings. The fourth-order valence-electron chi connectivity index (χ4n) is 1.43. The van der Waals surface area contributed by atoms with Crippen LogP contribution in [0.1, 0.15) is 5.89 Å². The molecule has 0 aliphatic carbocycles. The van der Waals surface area contributed by atoms with Crippen LogP contribution in [0.5, 0.6) is 11.5 Å². The van der Waals surface area contributed by atoms with Crippen LogP contribution < -0.4 is 15.2 Å². The molecule has 0 amide bonds. The highest BCUT2D eigenvalue weighted by Gasteiger charge is 2.13. The molecule has 0 aliphatic heterocycles. The van der Waals surface area contributed by atoms with Gasteiger partial charge in [-0.15, -0.1) is 0 Å². The van der Waals surface area contributed by atoms with Gasteiger partial charge in [0.15, 0.2) is 0 Å². The van der Waals surface area contributed by atoms with E-state index in [2.05, 4.69) is 10.1 Å². The Labute approximate surface area is 98.3 Å². The van der Waals surface area contributed by atoms with E-state index in [1.54, 1.807) is 26.4 Å². The lowest BCUT2D eigenvalue weighted by Crippen LogP contribution is -1.96. The van der Waals surface area contributed by atoms with Crippen LogP contribution in [-0.4, -0.2) is 24.4 Å². The van der Waals surface area contributed by atoms with Gasteiger partial charge in [-0.2, -0.15) is 4.98 Å². The highest BCUT2D eigenvalue weighted by atomic mass is 16.5. The lowest BCUT2D eigenvalue weighted by atomic mass is 10.2. The van der Waals surface area contributed by atoms with Gasteiger partial charge in [-0.3, -0.25) is 0 Å². The van der Waals surface area contributed by atoms with Crippen LogP contribution in [0.15, 0.2) is 22.7 Å². The summed E-state index contributed by atoms with van der Waals surface area (Å²) in [5.41, 5.74) is 6.14. The van der Waals surface area contributed by atoms with E-state index < -0.39 is 0 Å². The minimum absolute atomic E-state index is 0.214. The smallest absolute Gasteiger partial charge is 0.240 e. The van der Waals surface area contributed by atoms with Crippen molar-refractivity contribution in [3.8, 4) is 22.9 Å². The van der Waals surface area contributed by atoms with E-state index in [4.69, 9.17) is 19.7 Å². The van der Waals surface area contributed by atoms with Gasteiger partial charge < -0.3 is 19.7 Å². The molecule has 6 nitrogen and oxygen atoms in total. The Morgan fingerprint density at radius 2 is 2.12 bits per heavy atom. The van der Waals surface area contributed by atoms with Crippen LogP contribution in [0.2, 0.25) is 0 Å². The van der Waals surface area contributed by atoms with Crippen molar-refractivity contribution in [1.29, 1.82) is 0 Å². The second kappa shape index (κ2) is 4.84. The molecule has 2 rings (SSSR count). The summed E-state index contributed by atoms with van der Waals surface area (Å²) in [4.78, 5) is 4.14. The molecule has 0 fully saturated rings. The van der Waals surface area contributed by atoms with Crippen molar-refractivity contribution in [3.63, 3.8) is 0 Å². The Hall–Kier alpha value is -2.08. The Morgan fingerprint density at radius 3 is 2.71 bits per heavy atom. The fourth-order valence-corrected chi connectivity index (χ4v) is 1.43. The first kappa shape index (κ1) is 11.4. The molecule has 0 unspecified atom stereocenters. The molecule has 2 aromatic rings. The van der Waals surface area contributed by atoms with E-state index in [0.717, 1.165) is 5.56 Å². The average Bonchev–Trinajstić information content (AvgIpc) is 2.86. The summed E-state index contributed by atoms with van der Waals surface area (Å²) >= 11 is 0. The maximum atomic E-state index is 5.41. The third-order valence-electron chi connectivity index (χ3n) is 2.29. The van der Waals surface area contributed by atoms with Crippen LogP contribution in [0.4, 0.5) is 0 Å². The van der Waals surface area contributed by atoms with Crippen LogP contribution in [0.3, 0.4) is 0 Å². The van der Waals surface area contributed by atoms with E-state index >= 15 is 0 Å². The lowest BCUT2D eigenvalue weighted by molar-refractivity contribution is 0.379. The number of methoxy groups -OCH3 is 2. The molecule has 0 radical (unpaired) electrons. The Balaban J connectivity index is 2.43. The number of nitrogens with two attached hydrogens (primary N) is 1. The molecular weight excluding hydrogens is 222 g/mol. The number of hydrogen-bond donors (Lipinski definition) is 1. The van der Waals surface area contributed by atoms with E-state index in [1.807, 2.05) is 6.07 Å². The van der Waals surface area contributed by atoms with Crippen molar-refractivity contribution in [2.75, 3.05) is 14.2 Å². The van der Waals surface area contributed by atoms with Crippen LogP contribution >= 0.6 is 0 Å². The first-order chi connectivity index (χ1) is 8.28. The molecular formula is C11H13N3O3. The molecule has 90 valence electrons. The number of nitrogens with zero attached hydrogens (tertiary/aromatic N) is 2. The largest absolute Gasteiger partial charge is 0.497 e. The number of ether oxygens (including phenoxy) is 2. The number of rotatable bonds is 4. The first-order valence-electron chi connectivity index (χ1n) is 5.03. The third kappa shape index (κ3) is 2.21. The standard InChI is InChI=1S/C11H13N3O3/c1-15-7-3-4-8(9(5-7)16-2)11-13-10(6-12)17-14-11/h3-5H,6,12H2,1-2H3. The predicted molar refractivity (Wildman–Crippen MR) is 60.7 cm³/mol. The Kier molecular flexibility index (Phi) is 3.24. The van der Waals surface area contributed by atoms with Gasteiger partial charge in [-0.25, -0.2) is 0 Å². The normalized spacial score (nSPS) is 10.3. The van der Waals surface area contributed by atoms with Gasteiger partial charge in [-0.05, 0) is 12.1 Å². The Morgan fingerprint density at radius 1 is 1.29 bits per heavy atom. The molecule has 1 aromatic heterocycles. The quantitative estimate of drug-likeness (QED) is 0.857. The SMILES string of the molecule is COc1ccc(-c2noc(CN)n2)c(OC)c1. The minimum Gasteiger partial charge on any atom is -0.497 e. The van der Waals surface area contributed by atoms with Gasteiger partial charge in [0.1, 0.15) is 11.5 Å². The van der Waals surface area contributed by atoms with E-state index in [0.29, 0.717) is 23.2 Å². The summed E-state index contributed by atoms with van der Waals surface area (Å²) in [5, 5.41) is 3.83. The second-order valence-corrected chi connectivity index (χ2v) is 3.28. The third-order valence-corrected chi connectivity index (χ3v) is 2.29. The monoisotopic (exact) mass is 235 g/mol. The van der Waals surface area contributed by atoms with Crippen molar-refractivity contribution in [2.24, 2.45) is 5.73 Å². The van der Waals surface area contributed by atoms with Crippen molar-refractivity contribution in [1.82, 2.24) is 10.1 Å². The van der Waals surface area contributed by atoms with Crippen molar-refractivity contribution in [3.05, 3.63) is 24.1 Å². The molecule has 0 spiro atoms. The van der Waals surface area contributed by atoms with E-state index in [9.17, 15) is 0 Å². The zero-order valence-corrected chi connectivity index (χ0v) is 9.64. The van der Waals surface area contributed by atoms with Gasteiger partial charge in [0.2, 0.25) is 11.7 Å². The summed E-state index contributed by atoms with van der Waals surface area (Å²) in [6, 6.07) is 5.37. The summed E-state index contributed by atoms with van der Waals surface area (Å²) in [6.45, 7) is 0.214. The topological polar surface area (TPSA) is 83.4 Å². The van der Waals surface area contributed by atoms with Gasteiger partial charge in [0, 0.05) is 6.07 Å². The molecule has 0 bridgehead atoms. The van der Waals surface area contributed by atoms with Gasteiger partial charge >= 0.3 is 0 Å². The molecule has 1 aromatic carbocycles. The van der Waals surface area contributed by atoms with Crippen LogP contribution in [0.25, 0.3) is 11.4 Å². The van der Waals surface area contributed by atoms with E-state index in [1.165, 1.54) is 0 Å². The molecule has 0 atom stereocenters. The van der Waals surface area contributed by atoms with Crippen LogP contribution in [-0.2, 0) is 6.54 Å². The number of aromatic nitrogens is 2. The van der Waals surface area contributed by atoms with Crippen molar-refractivity contribution >= 4 is 0 Å². The Bertz CT molecular complexity index is 510. The zero-order chi connectivity index (χ0) is 12.3. The summed E-state index contributed by atoms with van der Waals surface area (Å²) < 4.78 is 15.3. The molecule has 6 heteroatoms. The summed E-state index contributed by atoms with van der Waals surface area (Å²) in [5.74, 6) is 2.16. The highest BCUT2D eigenvalue weighted by Crippen LogP contribution is 2.31. The number of benzene rings is 1. The van der Waals surface area contributed by atoms with E-state index in [-0.39, 0.29) is 6.54 Å². The lowest BCUT2D eigenvalue weighted by Gasteiger charge is -2.07. The summed E-state index contributed by atoms with van der Waals surface area (Å²) in [6.07, 6.45) is 0. The average molecular weight is 235 g/mol. The number of hydrogen-bond acceptors (Lipinski definition) is 6. The molecule has 1 heterocycles. The summed E-state index contributed by atoms with van der Waals surface area (Å²) in [7, 11) is 3.16. The predicted octanol–water partition coefficient (Wildman–Crippen LogP) is 1.21. The maximum Gasteiger partial charge on any atom is 0.240 e. The second-order valence-electron chi connectivity index (χ2n) is 3.28. The van der Waals surface area contributed by atoms with Crippen molar-refractivity contribution < 1.29 is 14.0 Å². The molecule has 17 heavy (non-hydrogen) atoms. The van der Waals surface area contributed by atoms with Gasteiger partial charge in [-0.1, -0.05) is 5.16 Å². The molecule has 0 saturated carbocycles. The maximum absolute atomic E-state index is 5.41. The van der Waals surface area contributed by atoms with Gasteiger partial charge in [0.25, 0.3) is 0 Å². The first-order valence-corrected chi connectivity index (χ1v) is 5.03. The van der Waals surface area contributed by atoms with Crippen LogP contribution in [0, 0.1) is 0 Å². The highest BCUT2D eigenvalue weighted by molar-refractivity contribution is 5.65. The van der Waals surface area contributed by atoms with Crippen molar-refractivity contribution in [2.45, 2.75) is 6.54 Å². The zero-order valence-electron chi connectivity index (χ0n) is 9.64. The minimum atomic E-state index is 0.214. The fraction of sp³-hybridized carbons (Fsp3) is 0.273. The molecule has 2 N–H and O–H groups in total. The molecule has 0 saturated heterocycles. The van der Waals surface area contributed by atoms with Gasteiger partial charge in [0.05, 0.1) is 26.3 Å².